The molecule has 22 heavy (non-hydrogen) atoms. The first kappa shape index (κ1) is 15.9. The number of nitrogens with one attached hydrogen (secondary N) is 1. The first-order valence-electron chi connectivity index (χ1n) is 6.22. The van der Waals surface area contributed by atoms with Crippen molar-refractivity contribution in [2.45, 2.75) is 6.54 Å². The Labute approximate surface area is 134 Å². The zero-order valence-electron chi connectivity index (χ0n) is 11.6. The molecule has 0 bridgehead atoms. The van der Waals surface area contributed by atoms with E-state index in [0.717, 1.165) is 5.56 Å². The van der Waals surface area contributed by atoms with Crippen molar-refractivity contribution in [1.82, 2.24) is 10.3 Å². The van der Waals surface area contributed by atoms with E-state index in [2.05, 4.69) is 26.2 Å². The van der Waals surface area contributed by atoms with Gasteiger partial charge in [0.1, 0.15) is 0 Å². The second-order valence-corrected chi connectivity index (χ2v) is 5.17. The summed E-state index contributed by atoms with van der Waals surface area (Å²) in [4.78, 5) is 26.4. The molecule has 2 rings (SSSR count). The van der Waals surface area contributed by atoms with Crippen LogP contribution in [0.1, 0.15) is 15.9 Å². The van der Waals surface area contributed by atoms with Gasteiger partial charge in [-0.2, -0.15) is 0 Å². The molecule has 7 nitrogen and oxygen atoms in total. The van der Waals surface area contributed by atoms with Crippen LogP contribution in [0.15, 0.2) is 41.0 Å². The van der Waals surface area contributed by atoms with Crippen LogP contribution in [0.4, 0.5) is 5.69 Å². The fourth-order valence-corrected chi connectivity index (χ4v) is 2.11. The van der Waals surface area contributed by atoms with Crippen LogP contribution in [0.5, 0.6) is 5.88 Å². The molecular weight excluding hydrogens is 354 g/mol. The molecule has 1 N–H and O–H groups in total. The van der Waals surface area contributed by atoms with Gasteiger partial charge in [0.25, 0.3) is 11.6 Å². The number of benzene rings is 1. The fourth-order valence-electron chi connectivity index (χ4n) is 1.71. The molecule has 0 saturated heterocycles. The molecule has 0 aliphatic carbocycles. The van der Waals surface area contributed by atoms with Crippen molar-refractivity contribution in [2.24, 2.45) is 0 Å². The van der Waals surface area contributed by atoms with Crippen molar-refractivity contribution >= 4 is 27.5 Å². The highest BCUT2D eigenvalue weighted by atomic mass is 79.9. The van der Waals surface area contributed by atoms with E-state index in [4.69, 9.17) is 4.74 Å². The number of carbonyl (C=O) groups excluding carboxylic acids is 1. The Balaban J connectivity index is 2.05. The van der Waals surface area contributed by atoms with E-state index in [0.29, 0.717) is 10.4 Å². The highest BCUT2D eigenvalue weighted by Gasteiger charge is 2.15. The third-order valence-corrected chi connectivity index (χ3v) is 3.54. The van der Waals surface area contributed by atoms with Crippen LogP contribution in [0.3, 0.4) is 0 Å². The second-order valence-electron chi connectivity index (χ2n) is 4.31. The van der Waals surface area contributed by atoms with Crippen LogP contribution < -0.4 is 10.1 Å². The van der Waals surface area contributed by atoms with E-state index in [1.165, 1.54) is 25.3 Å². The molecule has 0 aliphatic heterocycles. The maximum absolute atomic E-state index is 12.0. The van der Waals surface area contributed by atoms with Gasteiger partial charge in [0.05, 0.1) is 16.5 Å². The molecule has 0 atom stereocenters. The average molecular weight is 366 g/mol. The van der Waals surface area contributed by atoms with Crippen molar-refractivity contribution in [3.63, 3.8) is 0 Å². The van der Waals surface area contributed by atoms with E-state index in [9.17, 15) is 14.9 Å². The summed E-state index contributed by atoms with van der Waals surface area (Å²) in [5.41, 5.74) is 0.857. The SMILES string of the molecule is COc1ccc(CNC(=O)c2ccc(Br)c([N+](=O)[O-])c2)cn1. The topological polar surface area (TPSA) is 94.4 Å². The van der Waals surface area contributed by atoms with Gasteiger partial charge in [-0.15, -0.1) is 0 Å². The normalized spacial score (nSPS) is 10.1. The molecule has 0 aliphatic rings. The molecular formula is C14H12BrN3O4. The highest BCUT2D eigenvalue weighted by molar-refractivity contribution is 9.10. The summed E-state index contributed by atoms with van der Waals surface area (Å²) in [6, 6.07) is 7.68. The molecule has 0 unspecified atom stereocenters. The molecule has 1 heterocycles. The van der Waals surface area contributed by atoms with Gasteiger partial charge in [-0.25, -0.2) is 4.98 Å². The third-order valence-electron chi connectivity index (χ3n) is 2.86. The Hall–Kier alpha value is -2.48. The van der Waals surface area contributed by atoms with E-state index in [-0.39, 0.29) is 17.8 Å². The van der Waals surface area contributed by atoms with Crippen LogP contribution in [-0.2, 0) is 6.54 Å². The number of aromatic nitrogens is 1. The minimum Gasteiger partial charge on any atom is -0.481 e. The van der Waals surface area contributed by atoms with Crippen LogP contribution in [-0.4, -0.2) is 22.9 Å². The summed E-state index contributed by atoms with van der Waals surface area (Å²) in [6.07, 6.45) is 1.59. The molecule has 0 spiro atoms. The number of nitro groups is 1. The van der Waals surface area contributed by atoms with Gasteiger partial charge in [-0.3, -0.25) is 14.9 Å². The summed E-state index contributed by atoms with van der Waals surface area (Å²) in [5, 5.41) is 13.5. The zero-order valence-corrected chi connectivity index (χ0v) is 13.2. The van der Waals surface area contributed by atoms with Crippen molar-refractivity contribution in [2.75, 3.05) is 7.11 Å². The van der Waals surface area contributed by atoms with Gasteiger partial charge in [0, 0.05) is 30.4 Å². The summed E-state index contributed by atoms with van der Waals surface area (Å²) >= 11 is 3.08. The molecule has 0 saturated carbocycles. The maximum Gasteiger partial charge on any atom is 0.284 e. The van der Waals surface area contributed by atoms with Crippen LogP contribution >= 0.6 is 15.9 Å². The van der Waals surface area contributed by atoms with E-state index in [1.54, 1.807) is 18.3 Å². The van der Waals surface area contributed by atoms with Gasteiger partial charge in [-0.1, -0.05) is 6.07 Å². The van der Waals surface area contributed by atoms with Gasteiger partial charge in [-0.05, 0) is 33.6 Å². The predicted molar refractivity (Wildman–Crippen MR) is 82.8 cm³/mol. The summed E-state index contributed by atoms with van der Waals surface area (Å²) in [6.45, 7) is 0.264. The van der Waals surface area contributed by atoms with Crippen molar-refractivity contribution < 1.29 is 14.5 Å². The number of pyridine rings is 1. The quantitative estimate of drug-likeness (QED) is 0.649. The molecule has 1 aromatic heterocycles. The highest BCUT2D eigenvalue weighted by Crippen LogP contribution is 2.25. The third kappa shape index (κ3) is 3.79. The minimum absolute atomic E-state index is 0.154. The standard InChI is InChI=1S/C14H12BrN3O4/c1-22-13-5-2-9(7-16-13)8-17-14(19)10-3-4-11(15)12(6-10)18(20)21/h2-7H,8H2,1H3,(H,17,19). The molecule has 1 aromatic carbocycles. The number of ether oxygens (including phenoxy) is 1. The molecule has 8 heteroatoms. The van der Waals surface area contributed by atoms with E-state index >= 15 is 0 Å². The first-order chi connectivity index (χ1) is 10.5. The van der Waals surface area contributed by atoms with Gasteiger partial charge in [0.15, 0.2) is 0 Å². The Kier molecular flexibility index (Phi) is 5.05. The lowest BCUT2D eigenvalue weighted by Crippen LogP contribution is -2.22. The Bertz CT molecular complexity index is 704. The van der Waals surface area contributed by atoms with Crippen molar-refractivity contribution in [3.05, 3.63) is 62.2 Å². The number of rotatable bonds is 5. The largest absolute Gasteiger partial charge is 0.481 e. The van der Waals surface area contributed by atoms with Gasteiger partial charge >= 0.3 is 0 Å². The lowest BCUT2D eigenvalue weighted by atomic mass is 10.2. The number of methoxy groups -OCH3 is 1. The number of nitro benzene ring substituents is 1. The second kappa shape index (κ2) is 6.99. The first-order valence-corrected chi connectivity index (χ1v) is 7.01. The lowest BCUT2D eigenvalue weighted by molar-refractivity contribution is -0.385. The van der Waals surface area contributed by atoms with Gasteiger partial charge < -0.3 is 10.1 Å². The number of carbonyl (C=O) groups is 1. The maximum atomic E-state index is 12.0. The summed E-state index contributed by atoms with van der Waals surface area (Å²) in [7, 11) is 1.52. The molecule has 2 aromatic rings. The molecule has 114 valence electrons. The average Bonchev–Trinajstić information content (AvgIpc) is 2.53. The Morgan fingerprint density at radius 2 is 2.18 bits per heavy atom. The van der Waals surface area contributed by atoms with Crippen LogP contribution in [0.25, 0.3) is 0 Å². The Morgan fingerprint density at radius 3 is 2.77 bits per heavy atom. The molecule has 0 fully saturated rings. The fraction of sp³-hybridized carbons (Fsp3) is 0.143. The number of nitrogens with zero attached hydrogens (tertiary/aromatic N) is 2. The summed E-state index contributed by atoms with van der Waals surface area (Å²) < 4.78 is 5.27. The number of hydrogen-bond acceptors (Lipinski definition) is 5. The van der Waals surface area contributed by atoms with E-state index < -0.39 is 10.8 Å². The summed E-state index contributed by atoms with van der Waals surface area (Å²) in [5.74, 6) is 0.0880. The lowest BCUT2D eigenvalue weighted by Gasteiger charge is -2.06. The number of halogens is 1. The van der Waals surface area contributed by atoms with Crippen molar-refractivity contribution in [3.8, 4) is 5.88 Å². The van der Waals surface area contributed by atoms with Gasteiger partial charge in [0.2, 0.25) is 5.88 Å². The monoisotopic (exact) mass is 365 g/mol. The van der Waals surface area contributed by atoms with Crippen LogP contribution in [0, 0.1) is 10.1 Å². The molecule has 0 radical (unpaired) electrons. The van der Waals surface area contributed by atoms with Crippen molar-refractivity contribution in [1.29, 1.82) is 0 Å². The molecule has 1 amide bonds. The zero-order chi connectivity index (χ0) is 16.1. The Morgan fingerprint density at radius 1 is 1.41 bits per heavy atom. The minimum atomic E-state index is -0.547. The van der Waals surface area contributed by atoms with E-state index in [1.807, 2.05) is 0 Å². The predicted octanol–water partition coefficient (Wildman–Crippen LogP) is 2.69. The smallest absolute Gasteiger partial charge is 0.284 e. The number of amides is 1. The van der Waals surface area contributed by atoms with Crippen LogP contribution in [0.2, 0.25) is 0 Å². The number of hydrogen-bond donors (Lipinski definition) is 1.